The molecule has 0 bridgehead atoms. The zero-order valence-electron chi connectivity index (χ0n) is 17.1. The number of nitrogens with one attached hydrogen (secondary N) is 1. The van der Waals surface area contributed by atoms with Gasteiger partial charge < -0.3 is 10.2 Å². The highest BCUT2D eigenvalue weighted by atomic mass is 16.2. The molecule has 0 aromatic carbocycles. The normalized spacial score (nSPS) is 16.8. The zero-order chi connectivity index (χ0) is 19.4. The Labute approximate surface area is 157 Å². The fourth-order valence-corrected chi connectivity index (χ4v) is 3.79. The molecule has 26 heavy (non-hydrogen) atoms. The number of amides is 2. The van der Waals surface area contributed by atoms with Gasteiger partial charge in [0.15, 0.2) is 0 Å². The molecule has 0 aliphatic carbocycles. The van der Waals surface area contributed by atoms with Crippen LogP contribution in [0.2, 0.25) is 0 Å². The van der Waals surface area contributed by atoms with Crippen molar-refractivity contribution in [2.24, 2.45) is 18.9 Å². The third-order valence-corrected chi connectivity index (χ3v) is 5.47. The monoisotopic (exact) mass is 362 g/mol. The maximum atomic E-state index is 12.4. The van der Waals surface area contributed by atoms with E-state index in [-0.39, 0.29) is 23.8 Å². The van der Waals surface area contributed by atoms with E-state index in [4.69, 9.17) is 0 Å². The summed E-state index contributed by atoms with van der Waals surface area (Å²) in [6.45, 7) is 11.6. The lowest BCUT2D eigenvalue weighted by Gasteiger charge is -2.33. The van der Waals surface area contributed by atoms with Gasteiger partial charge in [-0.05, 0) is 51.5 Å². The predicted octanol–water partition coefficient (Wildman–Crippen LogP) is 2.37. The number of carbonyl (C=O) groups is 2. The summed E-state index contributed by atoms with van der Waals surface area (Å²) < 4.78 is 1.89. The second kappa shape index (κ2) is 8.69. The summed E-state index contributed by atoms with van der Waals surface area (Å²) >= 11 is 0. The Bertz CT molecular complexity index is 642. The Morgan fingerprint density at radius 1 is 1.19 bits per heavy atom. The summed E-state index contributed by atoms with van der Waals surface area (Å²) in [7, 11) is 1.95. The average molecular weight is 363 g/mol. The van der Waals surface area contributed by atoms with Gasteiger partial charge in [0.25, 0.3) is 0 Å². The van der Waals surface area contributed by atoms with Crippen molar-refractivity contribution in [3.8, 4) is 0 Å². The van der Waals surface area contributed by atoms with Gasteiger partial charge in [-0.1, -0.05) is 13.8 Å². The first kappa shape index (κ1) is 20.5. The van der Waals surface area contributed by atoms with E-state index in [1.54, 1.807) is 0 Å². The Morgan fingerprint density at radius 3 is 2.31 bits per heavy atom. The van der Waals surface area contributed by atoms with Crippen molar-refractivity contribution in [1.82, 2.24) is 20.0 Å². The number of nitrogens with zero attached hydrogens (tertiary/aromatic N) is 3. The van der Waals surface area contributed by atoms with Crippen LogP contribution < -0.4 is 5.32 Å². The van der Waals surface area contributed by atoms with E-state index in [2.05, 4.69) is 17.3 Å². The molecule has 0 spiro atoms. The van der Waals surface area contributed by atoms with Gasteiger partial charge in [-0.25, -0.2) is 0 Å². The minimum atomic E-state index is 0.0510. The summed E-state index contributed by atoms with van der Waals surface area (Å²) in [5, 5.41) is 7.58. The molecule has 1 aliphatic heterocycles. The smallest absolute Gasteiger partial charge is 0.225 e. The Kier molecular flexibility index (Phi) is 6.84. The molecule has 2 heterocycles. The van der Waals surface area contributed by atoms with Crippen LogP contribution in [0.25, 0.3) is 0 Å². The second-order valence-corrected chi connectivity index (χ2v) is 8.07. The molecule has 2 rings (SSSR count). The molecular formula is C20H34N4O2. The number of rotatable bonds is 6. The van der Waals surface area contributed by atoms with E-state index in [0.717, 1.165) is 43.7 Å². The van der Waals surface area contributed by atoms with Crippen molar-refractivity contribution >= 4 is 11.8 Å². The number of aryl methyl sites for hydroxylation is 2. The van der Waals surface area contributed by atoms with Crippen LogP contribution in [0.5, 0.6) is 0 Å². The number of hydrogen-bond donors (Lipinski definition) is 1. The summed E-state index contributed by atoms with van der Waals surface area (Å²) in [6.07, 6.45) is 3.19. The molecule has 1 atom stereocenters. The van der Waals surface area contributed by atoms with Crippen LogP contribution in [0.1, 0.15) is 57.0 Å². The Hall–Kier alpha value is -1.85. The van der Waals surface area contributed by atoms with Gasteiger partial charge >= 0.3 is 0 Å². The topological polar surface area (TPSA) is 67.2 Å². The summed E-state index contributed by atoms with van der Waals surface area (Å²) in [5.41, 5.74) is 3.42. The Balaban J connectivity index is 1.77. The first-order valence-electron chi connectivity index (χ1n) is 9.76. The van der Waals surface area contributed by atoms with Crippen LogP contribution in [0.15, 0.2) is 0 Å². The largest absolute Gasteiger partial charge is 0.353 e. The third kappa shape index (κ3) is 5.08. The van der Waals surface area contributed by atoms with Gasteiger partial charge in [0.05, 0.1) is 5.69 Å². The lowest BCUT2D eigenvalue weighted by atomic mass is 9.92. The highest BCUT2D eigenvalue weighted by molar-refractivity contribution is 5.78. The predicted molar refractivity (Wildman–Crippen MR) is 103 cm³/mol. The first-order chi connectivity index (χ1) is 12.2. The van der Waals surface area contributed by atoms with Gasteiger partial charge in [0.2, 0.25) is 11.8 Å². The van der Waals surface area contributed by atoms with Crippen molar-refractivity contribution in [2.75, 3.05) is 13.1 Å². The second-order valence-electron chi connectivity index (χ2n) is 8.07. The van der Waals surface area contributed by atoms with Crippen LogP contribution in [-0.4, -0.2) is 45.6 Å². The van der Waals surface area contributed by atoms with Crippen molar-refractivity contribution in [3.05, 3.63) is 17.0 Å². The van der Waals surface area contributed by atoms with Crippen molar-refractivity contribution in [2.45, 2.75) is 66.3 Å². The highest BCUT2D eigenvalue weighted by Crippen LogP contribution is 2.22. The van der Waals surface area contributed by atoms with Gasteiger partial charge in [-0.15, -0.1) is 0 Å². The molecule has 1 N–H and O–H groups in total. The SMILES string of the molecule is Cc1nn(C)c(C)c1C[C@H](C)NC(=O)CC1CCN(C(=O)C(C)C)CC1. The molecule has 146 valence electrons. The number of piperidine rings is 1. The molecule has 2 amide bonds. The minimum Gasteiger partial charge on any atom is -0.353 e. The van der Waals surface area contributed by atoms with Crippen LogP contribution >= 0.6 is 0 Å². The van der Waals surface area contributed by atoms with E-state index in [1.807, 2.05) is 44.3 Å². The van der Waals surface area contributed by atoms with Gasteiger partial charge in [-0.2, -0.15) is 5.10 Å². The molecule has 0 saturated carbocycles. The van der Waals surface area contributed by atoms with Gasteiger partial charge in [0.1, 0.15) is 0 Å². The molecule has 6 heteroatoms. The standard InChI is InChI=1S/C20H34N4O2/c1-13(2)20(26)24-9-7-17(8-10-24)12-19(25)21-14(3)11-18-15(4)22-23(6)16(18)5/h13-14,17H,7-12H2,1-6H3,(H,21,25)/t14-/m0/s1. The summed E-state index contributed by atoms with van der Waals surface area (Å²) in [4.78, 5) is 26.4. The molecule has 6 nitrogen and oxygen atoms in total. The lowest BCUT2D eigenvalue weighted by Crippen LogP contribution is -2.42. The first-order valence-corrected chi connectivity index (χ1v) is 9.76. The lowest BCUT2D eigenvalue weighted by molar-refractivity contribution is -0.136. The van der Waals surface area contributed by atoms with Crippen LogP contribution in [0.4, 0.5) is 0 Å². The van der Waals surface area contributed by atoms with Gasteiger partial charge in [0, 0.05) is 44.2 Å². The zero-order valence-corrected chi connectivity index (χ0v) is 17.1. The maximum Gasteiger partial charge on any atom is 0.225 e. The van der Waals surface area contributed by atoms with E-state index < -0.39 is 0 Å². The van der Waals surface area contributed by atoms with E-state index in [1.165, 1.54) is 5.56 Å². The Morgan fingerprint density at radius 2 is 1.81 bits per heavy atom. The highest BCUT2D eigenvalue weighted by Gasteiger charge is 2.26. The number of hydrogen-bond acceptors (Lipinski definition) is 3. The van der Waals surface area contributed by atoms with Gasteiger partial charge in [-0.3, -0.25) is 14.3 Å². The van der Waals surface area contributed by atoms with Crippen LogP contribution in [0, 0.1) is 25.7 Å². The van der Waals surface area contributed by atoms with E-state index in [9.17, 15) is 9.59 Å². The molecule has 0 unspecified atom stereocenters. The quantitative estimate of drug-likeness (QED) is 0.845. The van der Waals surface area contributed by atoms with Crippen LogP contribution in [-0.2, 0) is 23.1 Å². The number of likely N-dealkylation sites (tertiary alicyclic amines) is 1. The summed E-state index contributed by atoms with van der Waals surface area (Å²) in [5.74, 6) is 0.768. The molecule has 1 saturated heterocycles. The van der Waals surface area contributed by atoms with E-state index in [0.29, 0.717) is 12.3 Å². The molecule has 1 aliphatic rings. The molecule has 1 aromatic heterocycles. The van der Waals surface area contributed by atoms with Crippen molar-refractivity contribution in [3.63, 3.8) is 0 Å². The molecule has 1 fully saturated rings. The number of carbonyl (C=O) groups excluding carboxylic acids is 2. The number of aromatic nitrogens is 2. The average Bonchev–Trinajstić information content (AvgIpc) is 2.81. The van der Waals surface area contributed by atoms with Crippen molar-refractivity contribution < 1.29 is 9.59 Å². The van der Waals surface area contributed by atoms with Crippen molar-refractivity contribution in [1.29, 1.82) is 0 Å². The fraction of sp³-hybridized carbons (Fsp3) is 0.750. The maximum absolute atomic E-state index is 12.4. The molecular weight excluding hydrogens is 328 g/mol. The molecule has 0 radical (unpaired) electrons. The third-order valence-electron chi connectivity index (χ3n) is 5.47. The van der Waals surface area contributed by atoms with E-state index >= 15 is 0 Å². The fourth-order valence-electron chi connectivity index (χ4n) is 3.79. The summed E-state index contributed by atoms with van der Waals surface area (Å²) in [6, 6.07) is 0.0895. The molecule has 1 aromatic rings. The minimum absolute atomic E-state index is 0.0510. The van der Waals surface area contributed by atoms with Crippen LogP contribution in [0.3, 0.4) is 0 Å².